The van der Waals surface area contributed by atoms with Crippen molar-refractivity contribution in [3.8, 4) is 0 Å². The maximum atomic E-state index is 12.5. The highest BCUT2D eigenvalue weighted by Crippen LogP contribution is 2.25. The molecule has 2 atom stereocenters. The summed E-state index contributed by atoms with van der Waals surface area (Å²) in [7, 11) is 0. The Hall–Kier alpha value is -2.66. The van der Waals surface area contributed by atoms with Gasteiger partial charge in [0, 0.05) is 11.7 Å². The molecule has 3 rings (SSSR count). The quantitative estimate of drug-likeness (QED) is 0.650. The van der Waals surface area contributed by atoms with Gasteiger partial charge in [-0.25, -0.2) is 0 Å². The van der Waals surface area contributed by atoms with Crippen LogP contribution in [0.4, 0.5) is 5.69 Å². The number of aryl methyl sites for hydroxylation is 4. The van der Waals surface area contributed by atoms with Crippen LogP contribution in [-0.2, 0) is 22.4 Å². The molecule has 0 saturated heterocycles. The Morgan fingerprint density at radius 2 is 1.63 bits per heavy atom. The normalized spacial score (nSPS) is 15.1. The van der Waals surface area contributed by atoms with Crippen molar-refractivity contribution in [1.82, 2.24) is 10.6 Å². The fourth-order valence-electron chi connectivity index (χ4n) is 4.09. The Balaban J connectivity index is 1.50. The zero-order valence-corrected chi connectivity index (χ0v) is 18.5. The van der Waals surface area contributed by atoms with Gasteiger partial charge in [0.2, 0.25) is 11.8 Å². The minimum absolute atomic E-state index is 0.0497. The van der Waals surface area contributed by atoms with Crippen LogP contribution in [0.5, 0.6) is 0 Å². The summed E-state index contributed by atoms with van der Waals surface area (Å²) in [6.45, 7) is 7.76. The molecular weight excluding hydrogens is 374 g/mol. The summed E-state index contributed by atoms with van der Waals surface area (Å²) in [5.41, 5.74) is 6.91. The highest BCUT2D eigenvalue weighted by molar-refractivity contribution is 5.96. The van der Waals surface area contributed by atoms with Crippen LogP contribution in [0, 0.1) is 13.8 Å². The van der Waals surface area contributed by atoms with Crippen LogP contribution >= 0.6 is 0 Å². The predicted octanol–water partition coefficient (Wildman–Crippen LogP) is 3.98. The van der Waals surface area contributed by atoms with E-state index in [4.69, 9.17) is 0 Å². The number of hydrogen-bond acceptors (Lipinski definition) is 3. The first-order valence-corrected chi connectivity index (χ1v) is 10.9. The zero-order chi connectivity index (χ0) is 21.7. The van der Waals surface area contributed by atoms with E-state index in [-0.39, 0.29) is 24.4 Å². The Morgan fingerprint density at radius 1 is 0.967 bits per heavy atom. The van der Waals surface area contributed by atoms with E-state index in [1.807, 2.05) is 39.0 Å². The van der Waals surface area contributed by atoms with E-state index in [0.29, 0.717) is 0 Å². The lowest BCUT2D eigenvalue weighted by Gasteiger charge is -2.22. The van der Waals surface area contributed by atoms with Crippen LogP contribution in [0.25, 0.3) is 0 Å². The number of carbonyl (C=O) groups excluding carboxylic acids is 2. The Labute approximate surface area is 179 Å². The van der Waals surface area contributed by atoms with E-state index < -0.39 is 6.04 Å². The molecule has 0 fully saturated rings. The van der Waals surface area contributed by atoms with Gasteiger partial charge in [0.1, 0.15) is 0 Å². The first-order chi connectivity index (χ1) is 14.3. The first kappa shape index (κ1) is 22.0. The molecule has 0 radical (unpaired) electrons. The summed E-state index contributed by atoms with van der Waals surface area (Å²) >= 11 is 0. The average Bonchev–Trinajstić information content (AvgIpc) is 2.74. The third-order valence-electron chi connectivity index (χ3n) is 5.93. The summed E-state index contributed by atoms with van der Waals surface area (Å²) in [4.78, 5) is 24.8. The van der Waals surface area contributed by atoms with Crippen LogP contribution in [0.15, 0.2) is 36.4 Å². The number of carbonyl (C=O) groups is 2. The lowest BCUT2D eigenvalue weighted by atomic mass is 9.89. The van der Waals surface area contributed by atoms with Gasteiger partial charge in [-0.3, -0.25) is 14.9 Å². The Bertz CT molecular complexity index is 902. The second-order valence-electron chi connectivity index (χ2n) is 8.38. The van der Waals surface area contributed by atoms with E-state index in [2.05, 4.69) is 41.1 Å². The molecule has 0 unspecified atom stereocenters. The summed E-state index contributed by atoms with van der Waals surface area (Å²) in [5.74, 6) is -0.410. The Morgan fingerprint density at radius 3 is 2.33 bits per heavy atom. The number of benzene rings is 2. The van der Waals surface area contributed by atoms with Crippen LogP contribution < -0.4 is 16.0 Å². The van der Waals surface area contributed by atoms with Gasteiger partial charge in [-0.15, -0.1) is 0 Å². The number of fused-ring (bicyclic) bond motifs is 1. The largest absolute Gasteiger partial charge is 0.346 e. The maximum Gasteiger partial charge on any atom is 0.243 e. The van der Waals surface area contributed by atoms with Crippen molar-refractivity contribution in [3.63, 3.8) is 0 Å². The number of hydrogen-bond donors (Lipinski definition) is 3. The highest BCUT2D eigenvalue weighted by Gasteiger charge is 2.18. The van der Waals surface area contributed by atoms with Crippen LogP contribution in [-0.4, -0.2) is 24.4 Å². The fraction of sp³-hybridized carbons (Fsp3) is 0.440. The molecule has 2 amide bonds. The van der Waals surface area contributed by atoms with Gasteiger partial charge in [-0.2, -0.15) is 0 Å². The van der Waals surface area contributed by atoms with Crippen molar-refractivity contribution in [2.45, 2.75) is 65.5 Å². The lowest BCUT2D eigenvalue weighted by molar-refractivity contribution is -0.125. The number of para-hydroxylation sites is 1. The van der Waals surface area contributed by atoms with Crippen molar-refractivity contribution in [2.75, 3.05) is 11.9 Å². The fourth-order valence-corrected chi connectivity index (χ4v) is 4.09. The molecule has 0 saturated carbocycles. The SMILES string of the molecule is Cc1cccc(C)c1NC(=O)CNC(=O)[C@H](C)N[C@H](C)c1ccc2c(c1)CCCC2. The molecule has 0 aromatic heterocycles. The molecule has 30 heavy (non-hydrogen) atoms. The number of nitrogens with one attached hydrogen (secondary N) is 3. The van der Waals surface area contributed by atoms with Crippen molar-refractivity contribution < 1.29 is 9.59 Å². The molecule has 1 aliphatic carbocycles. The van der Waals surface area contributed by atoms with Crippen molar-refractivity contribution in [2.24, 2.45) is 0 Å². The third-order valence-corrected chi connectivity index (χ3v) is 5.93. The van der Waals surface area contributed by atoms with Crippen molar-refractivity contribution >= 4 is 17.5 Å². The molecule has 0 heterocycles. The van der Waals surface area contributed by atoms with E-state index in [1.54, 1.807) is 0 Å². The van der Waals surface area contributed by atoms with Crippen LogP contribution in [0.1, 0.15) is 60.5 Å². The minimum atomic E-state index is -0.399. The Kier molecular flexibility index (Phi) is 7.27. The topological polar surface area (TPSA) is 70.2 Å². The average molecular weight is 408 g/mol. The van der Waals surface area contributed by atoms with Gasteiger partial charge in [0.15, 0.2) is 0 Å². The molecule has 0 spiro atoms. The summed E-state index contributed by atoms with van der Waals surface area (Å²) < 4.78 is 0. The van der Waals surface area contributed by atoms with E-state index >= 15 is 0 Å². The van der Waals surface area contributed by atoms with Crippen LogP contribution in [0.2, 0.25) is 0 Å². The molecular formula is C25H33N3O2. The molecule has 2 aromatic carbocycles. The van der Waals surface area contributed by atoms with Crippen molar-refractivity contribution in [3.05, 3.63) is 64.2 Å². The minimum Gasteiger partial charge on any atom is -0.346 e. The maximum absolute atomic E-state index is 12.5. The summed E-state index contributed by atoms with van der Waals surface area (Å²) in [6.07, 6.45) is 4.83. The molecule has 0 aliphatic heterocycles. The van der Waals surface area contributed by atoms with Gasteiger partial charge in [0.25, 0.3) is 0 Å². The smallest absolute Gasteiger partial charge is 0.243 e. The zero-order valence-electron chi connectivity index (χ0n) is 18.5. The lowest BCUT2D eigenvalue weighted by Crippen LogP contribution is -2.45. The van der Waals surface area contributed by atoms with Gasteiger partial charge in [-0.05, 0) is 81.2 Å². The second kappa shape index (κ2) is 9.90. The second-order valence-corrected chi connectivity index (χ2v) is 8.38. The number of rotatable bonds is 7. The monoisotopic (exact) mass is 407 g/mol. The molecule has 0 bridgehead atoms. The molecule has 3 N–H and O–H groups in total. The van der Waals surface area contributed by atoms with Gasteiger partial charge < -0.3 is 10.6 Å². The van der Waals surface area contributed by atoms with Crippen LogP contribution in [0.3, 0.4) is 0 Å². The standard InChI is InChI=1S/C25H33N3O2/c1-16-8-7-9-17(2)24(16)28-23(29)15-26-25(30)19(4)27-18(3)21-13-12-20-10-5-6-11-22(20)14-21/h7-9,12-14,18-19,27H,5-6,10-11,15H2,1-4H3,(H,26,30)(H,28,29)/t18-,19+/m1/s1. The van der Waals surface area contributed by atoms with Gasteiger partial charge >= 0.3 is 0 Å². The molecule has 5 heteroatoms. The van der Waals surface area contributed by atoms with E-state index in [1.165, 1.54) is 36.0 Å². The van der Waals surface area contributed by atoms with E-state index in [9.17, 15) is 9.59 Å². The first-order valence-electron chi connectivity index (χ1n) is 10.9. The molecule has 5 nitrogen and oxygen atoms in total. The molecule has 1 aliphatic rings. The summed E-state index contributed by atoms with van der Waals surface area (Å²) in [5, 5.41) is 8.98. The van der Waals surface area contributed by atoms with E-state index in [0.717, 1.165) is 23.2 Å². The molecule has 2 aromatic rings. The number of amides is 2. The third kappa shape index (κ3) is 5.48. The highest BCUT2D eigenvalue weighted by atomic mass is 16.2. The van der Waals surface area contributed by atoms with Gasteiger partial charge in [-0.1, -0.05) is 36.4 Å². The molecule has 160 valence electrons. The predicted molar refractivity (Wildman–Crippen MR) is 122 cm³/mol. The van der Waals surface area contributed by atoms with Crippen molar-refractivity contribution in [1.29, 1.82) is 0 Å². The summed E-state index contributed by atoms with van der Waals surface area (Å²) in [6, 6.07) is 12.2. The number of anilines is 1. The van der Waals surface area contributed by atoms with Gasteiger partial charge in [0.05, 0.1) is 12.6 Å².